The SMILES string of the molecule is O=C(NCC1CCCC1Br)c1ccc(Cl)c(Br)c1. The van der Waals surface area contributed by atoms with Gasteiger partial charge in [-0.1, -0.05) is 34.0 Å². The van der Waals surface area contributed by atoms with Gasteiger partial charge in [0.15, 0.2) is 0 Å². The molecule has 0 saturated heterocycles. The average molecular weight is 396 g/mol. The Kier molecular flexibility index (Phi) is 5.10. The van der Waals surface area contributed by atoms with Gasteiger partial charge in [0.2, 0.25) is 0 Å². The van der Waals surface area contributed by atoms with Gasteiger partial charge in [-0.3, -0.25) is 4.79 Å². The Morgan fingerprint density at radius 2 is 2.22 bits per heavy atom. The summed E-state index contributed by atoms with van der Waals surface area (Å²) in [5, 5.41) is 3.60. The van der Waals surface area contributed by atoms with Crippen molar-refractivity contribution < 1.29 is 4.79 Å². The molecule has 0 aromatic heterocycles. The first kappa shape index (κ1) is 14.4. The largest absolute Gasteiger partial charge is 0.352 e. The second-order valence-corrected chi connectivity index (χ2v) is 6.98. The number of benzene rings is 1. The molecular weight excluding hydrogens is 381 g/mol. The van der Waals surface area contributed by atoms with Gasteiger partial charge in [0.1, 0.15) is 0 Å². The number of carbonyl (C=O) groups is 1. The zero-order chi connectivity index (χ0) is 13.1. The van der Waals surface area contributed by atoms with Gasteiger partial charge in [0.05, 0.1) is 5.02 Å². The van der Waals surface area contributed by atoms with Gasteiger partial charge in [0.25, 0.3) is 5.91 Å². The lowest BCUT2D eigenvalue weighted by Gasteiger charge is -2.14. The Morgan fingerprint density at radius 3 is 2.83 bits per heavy atom. The zero-order valence-electron chi connectivity index (χ0n) is 9.76. The van der Waals surface area contributed by atoms with E-state index in [-0.39, 0.29) is 5.91 Å². The summed E-state index contributed by atoms with van der Waals surface area (Å²) in [6, 6.07) is 5.21. The Balaban J connectivity index is 1.93. The Hall–Kier alpha value is -0.0600. The summed E-state index contributed by atoms with van der Waals surface area (Å²) in [5.74, 6) is 0.503. The lowest BCUT2D eigenvalue weighted by Crippen LogP contribution is -2.30. The minimum Gasteiger partial charge on any atom is -0.352 e. The normalized spacial score (nSPS) is 23.1. The van der Waals surface area contributed by atoms with Crippen molar-refractivity contribution in [2.75, 3.05) is 6.54 Å². The summed E-state index contributed by atoms with van der Waals surface area (Å²) < 4.78 is 0.746. The van der Waals surface area contributed by atoms with Crippen molar-refractivity contribution in [1.82, 2.24) is 5.32 Å². The summed E-state index contributed by atoms with van der Waals surface area (Å²) >= 11 is 12.9. The zero-order valence-corrected chi connectivity index (χ0v) is 13.7. The van der Waals surface area contributed by atoms with E-state index in [1.165, 1.54) is 19.3 Å². The maximum Gasteiger partial charge on any atom is 0.251 e. The third-order valence-electron chi connectivity index (χ3n) is 3.27. The number of carbonyl (C=O) groups excluding carboxylic acids is 1. The van der Waals surface area contributed by atoms with E-state index in [1.54, 1.807) is 18.2 Å². The summed E-state index contributed by atoms with van der Waals surface area (Å²) in [6.45, 7) is 0.731. The first-order chi connectivity index (χ1) is 8.58. The van der Waals surface area contributed by atoms with Crippen LogP contribution in [0.5, 0.6) is 0 Å². The highest BCUT2D eigenvalue weighted by Gasteiger charge is 2.25. The van der Waals surface area contributed by atoms with Gasteiger partial charge in [-0.15, -0.1) is 0 Å². The van der Waals surface area contributed by atoms with Crippen LogP contribution in [0.4, 0.5) is 0 Å². The van der Waals surface area contributed by atoms with Crippen LogP contribution in [0.15, 0.2) is 22.7 Å². The second-order valence-electron chi connectivity index (χ2n) is 4.55. The highest BCUT2D eigenvalue weighted by molar-refractivity contribution is 9.10. The van der Waals surface area contributed by atoms with Gasteiger partial charge < -0.3 is 5.32 Å². The van der Waals surface area contributed by atoms with Gasteiger partial charge >= 0.3 is 0 Å². The minimum atomic E-state index is -0.0426. The number of hydrogen-bond donors (Lipinski definition) is 1. The monoisotopic (exact) mass is 393 g/mol. The maximum absolute atomic E-state index is 12.0. The van der Waals surface area contributed by atoms with Crippen molar-refractivity contribution in [1.29, 1.82) is 0 Å². The van der Waals surface area contributed by atoms with Crippen LogP contribution in [0.2, 0.25) is 5.02 Å². The molecule has 0 spiro atoms. The van der Waals surface area contributed by atoms with Crippen LogP contribution in [0.1, 0.15) is 29.6 Å². The minimum absolute atomic E-state index is 0.0426. The van der Waals surface area contributed by atoms with Crippen LogP contribution in [0, 0.1) is 5.92 Å². The van der Waals surface area contributed by atoms with Crippen molar-refractivity contribution in [3.63, 3.8) is 0 Å². The number of rotatable bonds is 3. The molecule has 1 N–H and O–H groups in total. The van der Waals surface area contributed by atoms with Crippen LogP contribution < -0.4 is 5.32 Å². The molecule has 0 heterocycles. The van der Waals surface area contributed by atoms with E-state index in [1.807, 2.05) is 0 Å². The molecule has 0 radical (unpaired) electrons. The van der Waals surface area contributed by atoms with Crippen LogP contribution in [0.25, 0.3) is 0 Å². The molecule has 1 fully saturated rings. The number of amides is 1. The van der Waals surface area contributed by atoms with Crippen LogP contribution in [-0.4, -0.2) is 17.3 Å². The van der Waals surface area contributed by atoms with Crippen LogP contribution >= 0.6 is 43.5 Å². The van der Waals surface area contributed by atoms with E-state index >= 15 is 0 Å². The first-order valence-corrected chi connectivity index (χ1v) is 8.04. The smallest absolute Gasteiger partial charge is 0.251 e. The molecule has 1 aliphatic carbocycles. The molecule has 2 unspecified atom stereocenters. The lowest BCUT2D eigenvalue weighted by molar-refractivity contribution is 0.0948. The molecule has 0 aliphatic heterocycles. The molecule has 1 aromatic rings. The van der Waals surface area contributed by atoms with Crippen molar-refractivity contribution in [2.45, 2.75) is 24.1 Å². The molecule has 1 amide bonds. The number of nitrogens with one attached hydrogen (secondary N) is 1. The maximum atomic E-state index is 12.0. The van der Waals surface area contributed by atoms with Crippen molar-refractivity contribution in [2.24, 2.45) is 5.92 Å². The summed E-state index contributed by atoms with van der Waals surface area (Å²) in [5.41, 5.74) is 0.635. The summed E-state index contributed by atoms with van der Waals surface area (Å²) in [6.07, 6.45) is 3.62. The number of hydrogen-bond acceptors (Lipinski definition) is 1. The third kappa shape index (κ3) is 3.49. The molecule has 0 bridgehead atoms. The Labute approximate surface area is 129 Å². The second kappa shape index (κ2) is 6.40. The van der Waals surface area contributed by atoms with Gasteiger partial charge in [-0.2, -0.15) is 0 Å². The van der Waals surface area contributed by atoms with E-state index in [0.717, 1.165) is 11.0 Å². The van der Waals surface area contributed by atoms with E-state index in [9.17, 15) is 4.79 Å². The lowest BCUT2D eigenvalue weighted by atomic mass is 10.1. The highest BCUT2D eigenvalue weighted by Crippen LogP contribution is 2.31. The quantitative estimate of drug-likeness (QED) is 0.756. The van der Waals surface area contributed by atoms with E-state index in [4.69, 9.17) is 11.6 Å². The van der Waals surface area contributed by atoms with E-state index in [2.05, 4.69) is 37.2 Å². The molecule has 98 valence electrons. The average Bonchev–Trinajstić information content (AvgIpc) is 2.75. The van der Waals surface area contributed by atoms with Gasteiger partial charge in [-0.25, -0.2) is 0 Å². The predicted molar refractivity (Wildman–Crippen MR) is 81.5 cm³/mol. The molecule has 5 heteroatoms. The molecule has 18 heavy (non-hydrogen) atoms. The molecule has 2 nitrogen and oxygen atoms in total. The van der Waals surface area contributed by atoms with Crippen molar-refractivity contribution in [3.05, 3.63) is 33.3 Å². The Morgan fingerprint density at radius 1 is 1.44 bits per heavy atom. The topological polar surface area (TPSA) is 29.1 Å². The highest BCUT2D eigenvalue weighted by atomic mass is 79.9. The number of halogens is 3. The fourth-order valence-electron chi connectivity index (χ4n) is 2.18. The molecule has 2 rings (SSSR count). The van der Waals surface area contributed by atoms with Crippen molar-refractivity contribution >= 4 is 49.4 Å². The first-order valence-electron chi connectivity index (χ1n) is 5.95. The van der Waals surface area contributed by atoms with E-state index < -0.39 is 0 Å². The fourth-order valence-corrected chi connectivity index (χ4v) is 3.46. The molecular formula is C13H14Br2ClNO. The van der Waals surface area contributed by atoms with Crippen LogP contribution in [-0.2, 0) is 0 Å². The van der Waals surface area contributed by atoms with Crippen LogP contribution in [0.3, 0.4) is 0 Å². The Bertz CT molecular complexity index is 453. The van der Waals surface area contributed by atoms with E-state index in [0.29, 0.717) is 21.3 Å². The molecule has 2 atom stereocenters. The standard InChI is InChI=1S/C13H14Br2ClNO/c14-10-3-1-2-9(10)7-17-13(18)8-4-5-12(16)11(15)6-8/h4-6,9-10H,1-3,7H2,(H,17,18). The fraction of sp³-hybridized carbons (Fsp3) is 0.462. The summed E-state index contributed by atoms with van der Waals surface area (Å²) in [7, 11) is 0. The molecule has 1 aliphatic rings. The van der Waals surface area contributed by atoms with Gasteiger partial charge in [-0.05, 0) is 52.9 Å². The molecule has 1 saturated carbocycles. The molecule has 1 aromatic carbocycles. The van der Waals surface area contributed by atoms with Crippen molar-refractivity contribution in [3.8, 4) is 0 Å². The third-order valence-corrected chi connectivity index (χ3v) is 5.69. The summed E-state index contributed by atoms with van der Waals surface area (Å²) in [4.78, 5) is 12.5. The number of alkyl halides is 1. The predicted octanol–water partition coefficient (Wildman–Crippen LogP) is 4.40. The van der Waals surface area contributed by atoms with Gasteiger partial charge in [0, 0.05) is 21.4 Å².